The maximum atomic E-state index is 2.96. The van der Waals surface area contributed by atoms with Gasteiger partial charge in [-0.05, 0) is 56.4 Å². The predicted molar refractivity (Wildman–Crippen MR) is 90.5 cm³/mol. The van der Waals surface area contributed by atoms with E-state index in [-0.39, 0.29) is 0 Å². The Morgan fingerprint density at radius 3 is 2.24 bits per heavy atom. The Balaban J connectivity index is 1.74. The molecule has 0 amide bonds. The third kappa shape index (κ3) is 3.47. The predicted octanol–water partition coefficient (Wildman–Crippen LogP) is 4.01. The molecule has 4 unspecified atom stereocenters. The topological polar surface area (TPSA) is 6.48 Å². The van der Waals surface area contributed by atoms with Gasteiger partial charge in [0, 0.05) is 31.2 Å². The Morgan fingerprint density at radius 1 is 0.857 bits per heavy atom. The summed E-state index contributed by atoms with van der Waals surface area (Å²) in [6, 6.07) is 2.52. The van der Waals surface area contributed by atoms with Gasteiger partial charge in [-0.2, -0.15) is 0 Å². The lowest BCUT2D eigenvalue weighted by Crippen LogP contribution is -2.63. The average molecular weight is 293 g/mol. The average Bonchev–Trinajstić information content (AvgIpc) is 2.44. The number of piperidine rings is 1. The lowest BCUT2D eigenvalue weighted by Gasteiger charge is -2.54. The van der Waals surface area contributed by atoms with Crippen LogP contribution in [-0.2, 0) is 0 Å². The lowest BCUT2D eigenvalue weighted by atomic mass is 9.78. The molecule has 0 N–H and O–H groups in total. The van der Waals surface area contributed by atoms with Gasteiger partial charge in [0.1, 0.15) is 0 Å². The molecule has 3 aliphatic rings. The molecule has 122 valence electrons. The molecular weight excluding hydrogens is 256 g/mol. The summed E-state index contributed by atoms with van der Waals surface area (Å²) >= 11 is 0. The fraction of sp³-hybridized carbons (Fsp3) is 1.00. The van der Waals surface area contributed by atoms with Crippen LogP contribution in [0.3, 0.4) is 0 Å². The van der Waals surface area contributed by atoms with E-state index >= 15 is 0 Å². The molecule has 0 aromatic heterocycles. The van der Waals surface area contributed by atoms with E-state index in [0.717, 1.165) is 35.9 Å². The standard InChI is InChI=1S/C19H36N2/c1-14(2)19-13-20-8-6-5-7-17(20)12-21(19)18-10-15(3)9-16(4)11-18/h14-19H,5-13H2,1-4H3. The molecule has 2 nitrogen and oxygen atoms in total. The number of piperazine rings is 1. The van der Waals surface area contributed by atoms with Gasteiger partial charge in [0.05, 0.1) is 0 Å². The van der Waals surface area contributed by atoms with Crippen LogP contribution in [0.4, 0.5) is 0 Å². The zero-order valence-electron chi connectivity index (χ0n) is 14.7. The van der Waals surface area contributed by atoms with Crippen molar-refractivity contribution in [1.29, 1.82) is 0 Å². The monoisotopic (exact) mass is 292 g/mol. The van der Waals surface area contributed by atoms with Crippen LogP contribution < -0.4 is 0 Å². The zero-order chi connectivity index (χ0) is 15.0. The van der Waals surface area contributed by atoms with E-state index in [1.54, 1.807) is 0 Å². The number of nitrogens with zero attached hydrogens (tertiary/aromatic N) is 2. The van der Waals surface area contributed by atoms with Gasteiger partial charge in [0.25, 0.3) is 0 Å². The first kappa shape index (κ1) is 15.8. The highest BCUT2D eigenvalue weighted by molar-refractivity contribution is 4.96. The lowest BCUT2D eigenvalue weighted by molar-refractivity contribution is -0.0461. The van der Waals surface area contributed by atoms with Crippen molar-refractivity contribution in [3.05, 3.63) is 0 Å². The Labute approximate surface area is 132 Å². The summed E-state index contributed by atoms with van der Waals surface area (Å²) in [7, 11) is 0. The van der Waals surface area contributed by atoms with Crippen LogP contribution in [0.5, 0.6) is 0 Å². The van der Waals surface area contributed by atoms with Crippen LogP contribution in [0, 0.1) is 17.8 Å². The molecule has 0 aromatic rings. The largest absolute Gasteiger partial charge is 0.298 e. The first-order chi connectivity index (χ1) is 10.0. The second-order valence-electron chi connectivity index (χ2n) is 8.72. The number of hydrogen-bond acceptors (Lipinski definition) is 2. The summed E-state index contributed by atoms with van der Waals surface area (Å²) in [5.41, 5.74) is 0. The Kier molecular flexibility index (Phi) is 4.95. The van der Waals surface area contributed by atoms with Gasteiger partial charge < -0.3 is 0 Å². The third-order valence-corrected chi connectivity index (χ3v) is 6.41. The smallest absolute Gasteiger partial charge is 0.0249 e. The summed E-state index contributed by atoms with van der Waals surface area (Å²) in [6.45, 7) is 13.9. The van der Waals surface area contributed by atoms with E-state index in [1.807, 2.05) is 0 Å². The van der Waals surface area contributed by atoms with Crippen LogP contribution in [0.1, 0.15) is 66.2 Å². The summed E-state index contributed by atoms with van der Waals surface area (Å²) < 4.78 is 0. The molecule has 0 radical (unpaired) electrons. The Morgan fingerprint density at radius 2 is 1.57 bits per heavy atom. The minimum absolute atomic E-state index is 0.792. The number of hydrogen-bond donors (Lipinski definition) is 0. The van der Waals surface area contributed by atoms with Crippen LogP contribution >= 0.6 is 0 Å². The molecule has 3 fully saturated rings. The fourth-order valence-corrected chi connectivity index (χ4v) is 5.42. The Bertz CT molecular complexity index is 330. The molecule has 2 aliphatic heterocycles. The van der Waals surface area contributed by atoms with Crippen molar-refractivity contribution in [1.82, 2.24) is 9.80 Å². The van der Waals surface area contributed by atoms with Crippen LogP contribution in [0.2, 0.25) is 0 Å². The second-order valence-corrected chi connectivity index (χ2v) is 8.72. The summed E-state index contributed by atoms with van der Waals surface area (Å²) in [5, 5.41) is 0. The van der Waals surface area contributed by atoms with E-state index in [9.17, 15) is 0 Å². The molecule has 2 saturated heterocycles. The quantitative estimate of drug-likeness (QED) is 0.759. The highest BCUT2D eigenvalue weighted by Crippen LogP contribution is 2.36. The van der Waals surface area contributed by atoms with Crippen molar-refractivity contribution >= 4 is 0 Å². The molecule has 0 aromatic carbocycles. The van der Waals surface area contributed by atoms with E-state index in [4.69, 9.17) is 0 Å². The van der Waals surface area contributed by atoms with E-state index in [1.165, 1.54) is 58.2 Å². The van der Waals surface area contributed by atoms with Crippen molar-refractivity contribution in [3.8, 4) is 0 Å². The first-order valence-corrected chi connectivity index (χ1v) is 9.54. The molecular formula is C19H36N2. The fourth-order valence-electron chi connectivity index (χ4n) is 5.42. The van der Waals surface area contributed by atoms with E-state index in [2.05, 4.69) is 37.5 Å². The van der Waals surface area contributed by atoms with Gasteiger partial charge in [-0.1, -0.05) is 34.1 Å². The number of fused-ring (bicyclic) bond motifs is 1. The molecule has 4 atom stereocenters. The van der Waals surface area contributed by atoms with Crippen LogP contribution in [-0.4, -0.2) is 47.6 Å². The highest BCUT2D eigenvalue weighted by Gasteiger charge is 2.40. The van der Waals surface area contributed by atoms with Crippen LogP contribution in [0.25, 0.3) is 0 Å². The molecule has 3 rings (SSSR count). The van der Waals surface area contributed by atoms with Gasteiger partial charge in [0.2, 0.25) is 0 Å². The second kappa shape index (κ2) is 6.58. The van der Waals surface area contributed by atoms with Crippen molar-refractivity contribution in [2.24, 2.45) is 17.8 Å². The minimum Gasteiger partial charge on any atom is -0.298 e. The molecule has 0 bridgehead atoms. The van der Waals surface area contributed by atoms with Gasteiger partial charge >= 0.3 is 0 Å². The van der Waals surface area contributed by atoms with Gasteiger partial charge in [0.15, 0.2) is 0 Å². The maximum absolute atomic E-state index is 2.96. The van der Waals surface area contributed by atoms with Gasteiger partial charge in [-0.25, -0.2) is 0 Å². The molecule has 21 heavy (non-hydrogen) atoms. The van der Waals surface area contributed by atoms with Crippen LogP contribution in [0.15, 0.2) is 0 Å². The zero-order valence-corrected chi connectivity index (χ0v) is 14.7. The SMILES string of the molecule is CC1CC(C)CC(N2CC3CCCCN3CC2C(C)C)C1. The van der Waals surface area contributed by atoms with Crippen molar-refractivity contribution in [2.45, 2.75) is 84.3 Å². The molecule has 1 saturated carbocycles. The molecule has 0 spiro atoms. The highest BCUT2D eigenvalue weighted by atomic mass is 15.3. The van der Waals surface area contributed by atoms with Gasteiger partial charge in [-0.15, -0.1) is 0 Å². The van der Waals surface area contributed by atoms with Gasteiger partial charge in [-0.3, -0.25) is 9.80 Å². The molecule has 1 aliphatic carbocycles. The Hall–Kier alpha value is -0.0800. The van der Waals surface area contributed by atoms with Crippen molar-refractivity contribution in [2.75, 3.05) is 19.6 Å². The maximum Gasteiger partial charge on any atom is 0.0249 e. The summed E-state index contributed by atoms with van der Waals surface area (Å²) in [6.07, 6.45) is 8.67. The van der Waals surface area contributed by atoms with E-state index in [0.29, 0.717) is 0 Å². The normalized spacial score (nSPS) is 43.0. The summed E-state index contributed by atoms with van der Waals surface area (Å²) in [4.78, 5) is 5.78. The van der Waals surface area contributed by atoms with E-state index < -0.39 is 0 Å². The molecule has 2 heterocycles. The molecule has 2 heteroatoms. The minimum atomic E-state index is 0.792. The first-order valence-electron chi connectivity index (χ1n) is 9.54. The third-order valence-electron chi connectivity index (χ3n) is 6.41. The number of rotatable bonds is 2. The summed E-state index contributed by atoms with van der Waals surface area (Å²) in [5.74, 6) is 2.65. The van der Waals surface area contributed by atoms with Crippen molar-refractivity contribution in [3.63, 3.8) is 0 Å². The van der Waals surface area contributed by atoms with Crippen molar-refractivity contribution < 1.29 is 0 Å².